The van der Waals surface area contributed by atoms with Gasteiger partial charge in [-0.25, -0.2) is 4.98 Å². The van der Waals surface area contributed by atoms with Gasteiger partial charge in [-0.2, -0.15) is 4.98 Å². The third kappa shape index (κ3) is 3.03. The lowest BCUT2D eigenvalue weighted by Gasteiger charge is -2.10. The first-order valence-electron chi connectivity index (χ1n) is 4.64. The third-order valence-electron chi connectivity index (χ3n) is 2.16. The van der Waals surface area contributed by atoms with E-state index in [1.54, 1.807) is 6.20 Å². The highest BCUT2D eigenvalue weighted by molar-refractivity contribution is 9.10. The fourth-order valence-corrected chi connectivity index (χ4v) is 1.78. The van der Waals surface area contributed by atoms with Crippen LogP contribution in [0.2, 0.25) is 5.28 Å². The second kappa shape index (κ2) is 5.09. The SMILES string of the molecule is Clc1ncc(Br)c(OC[C@@H]2CCOC2)n1. The summed E-state index contributed by atoms with van der Waals surface area (Å²) in [4.78, 5) is 7.80. The Kier molecular flexibility index (Phi) is 3.77. The third-order valence-corrected chi connectivity index (χ3v) is 2.89. The van der Waals surface area contributed by atoms with E-state index in [9.17, 15) is 0 Å². The minimum atomic E-state index is 0.191. The Bertz CT molecular complexity index is 345. The summed E-state index contributed by atoms with van der Waals surface area (Å²) < 4.78 is 11.5. The number of aromatic nitrogens is 2. The lowest BCUT2D eigenvalue weighted by Crippen LogP contribution is -2.12. The van der Waals surface area contributed by atoms with Gasteiger partial charge in [0.25, 0.3) is 0 Å². The smallest absolute Gasteiger partial charge is 0.232 e. The molecule has 0 amide bonds. The standard InChI is InChI=1S/C9H10BrClN2O2/c10-7-3-12-9(11)13-8(7)15-5-6-1-2-14-4-6/h3,6H,1-2,4-5H2/t6-/m1/s1. The summed E-state index contributed by atoms with van der Waals surface area (Å²) in [5, 5.41) is 0.191. The van der Waals surface area contributed by atoms with Crippen molar-refractivity contribution in [1.82, 2.24) is 9.97 Å². The van der Waals surface area contributed by atoms with E-state index in [1.807, 2.05) is 0 Å². The minimum Gasteiger partial charge on any atom is -0.476 e. The van der Waals surface area contributed by atoms with E-state index in [2.05, 4.69) is 25.9 Å². The summed E-state index contributed by atoms with van der Waals surface area (Å²) >= 11 is 8.96. The van der Waals surface area contributed by atoms with Crippen molar-refractivity contribution in [2.45, 2.75) is 6.42 Å². The molecule has 4 nitrogen and oxygen atoms in total. The van der Waals surface area contributed by atoms with Crippen LogP contribution in [-0.4, -0.2) is 29.8 Å². The zero-order chi connectivity index (χ0) is 10.7. The maximum atomic E-state index is 5.66. The number of ether oxygens (including phenoxy) is 2. The number of rotatable bonds is 3. The van der Waals surface area contributed by atoms with Crippen LogP contribution in [0.4, 0.5) is 0 Å². The van der Waals surface area contributed by atoms with Crippen LogP contribution in [0.25, 0.3) is 0 Å². The first-order chi connectivity index (χ1) is 7.25. The van der Waals surface area contributed by atoms with Gasteiger partial charge in [0.2, 0.25) is 11.2 Å². The molecule has 2 heterocycles. The van der Waals surface area contributed by atoms with Gasteiger partial charge < -0.3 is 9.47 Å². The monoisotopic (exact) mass is 292 g/mol. The molecule has 1 aromatic heterocycles. The number of nitrogens with zero attached hydrogens (tertiary/aromatic N) is 2. The fourth-order valence-electron chi connectivity index (χ4n) is 1.34. The molecule has 0 aromatic carbocycles. The average Bonchev–Trinajstić information content (AvgIpc) is 2.72. The zero-order valence-corrected chi connectivity index (χ0v) is 10.3. The van der Waals surface area contributed by atoms with E-state index in [4.69, 9.17) is 21.1 Å². The molecule has 1 aromatic rings. The summed E-state index contributed by atoms with van der Waals surface area (Å²) in [6.45, 7) is 2.18. The van der Waals surface area contributed by atoms with Crippen molar-refractivity contribution in [3.63, 3.8) is 0 Å². The Morgan fingerprint density at radius 2 is 2.53 bits per heavy atom. The Morgan fingerprint density at radius 1 is 1.67 bits per heavy atom. The van der Waals surface area contributed by atoms with Crippen molar-refractivity contribution in [2.75, 3.05) is 19.8 Å². The molecule has 0 spiro atoms. The van der Waals surface area contributed by atoms with Crippen molar-refractivity contribution in [2.24, 2.45) is 5.92 Å². The first kappa shape index (κ1) is 11.1. The molecule has 0 unspecified atom stereocenters. The molecule has 1 atom stereocenters. The van der Waals surface area contributed by atoms with Gasteiger partial charge in [-0.3, -0.25) is 0 Å². The lowest BCUT2D eigenvalue weighted by atomic mass is 10.1. The van der Waals surface area contributed by atoms with Crippen LogP contribution >= 0.6 is 27.5 Å². The van der Waals surface area contributed by atoms with Crippen molar-refractivity contribution in [3.8, 4) is 5.88 Å². The molecule has 0 bridgehead atoms. The predicted octanol–water partition coefficient (Wildman–Crippen LogP) is 2.31. The van der Waals surface area contributed by atoms with Crippen molar-refractivity contribution in [1.29, 1.82) is 0 Å². The van der Waals surface area contributed by atoms with Crippen LogP contribution in [-0.2, 0) is 4.74 Å². The van der Waals surface area contributed by atoms with Crippen LogP contribution in [0, 0.1) is 5.92 Å². The summed E-state index contributed by atoms with van der Waals surface area (Å²) in [6, 6.07) is 0. The molecule has 0 saturated carbocycles. The van der Waals surface area contributed by atoms with Gasteiger partial charge in [-0.1, -0.05) is 0 Å². The Hall–Kier alpha value is -0.390. The van der Waals surface area contributed by atoms with E-state index in [0.29, 0.717) is 22.9 Å². The fraction of sp³-hybridized carbons (Fsp3) is 0.556. The van der Waals surface area contributed by atoms with Gasteiger partial charge in [0.1, 0.15) is 0 Å². The van der Waals surface area contributed by atoms with E-state index >= 15 is 0 Å². The molecule has 1 fully saturated rings. The number of hydrogen-bond donors (Lipinski definition) is 0. The van der Waals surface area contributed by atoms with E-state index < -0.39 is 0 Å². The first-order valence-corrected chi connectivity index (χ1v) is 5.81. The van der Waals surface area contributed by atoms with E-state index in [0.717, 1.165) is 19.6 Å². The minimum absolute atomic E-state index is 0.191. The zero-order valence-electron chi connectivity index (χ0n) is 7.95. The van der Waals surface area contributed by atoms with Crippen molar-refractivity contribution >= 4 is 27.5 Å². The Balaban J connectivity index is 1.94. The van der Waals surface area contributed by atoms with Crippen LogP contribution in [0.3, 0.4) is 0 Å². The molecular weight excluding hydrogens is 283 g/mol. The maximum Gasteiger partial charge on any atom is 0.232 e. The van der Waals surface area contributed by atoms with Crippen LogP contribution in [0.5, 0.6) is 5.88 Å². The average molecular weight is 294 g/mol. The molecule has 0 N–H and O–H groups in total. The number of hydrogen-bond acceptors (Lipinski definition) is 4. The lowest BCUT2D eigenvalue weighted by molar-refractivity contribution is 0.165. The van der Waals surface area contributed by atoms with E-state index in [1.165, 1.54) is 0 Å². The highest BCUT2D eigenvalue weighted by atomic mass is 79.9. The molecule has 0 radical (unpaired) electrons. The molecular formula is C9H10BrClN2O2. The maximum absolute atomic E-state index is 5.66. The summed E-state index contributed by atoms with van der Waals surface area (Å²) in [5.41, 5.74) is 0. The summed E-state index contributed by atoms with van der Waals surface area (Å²) in [5.74, 6) is 0.938. The Labute approximate surface area is 101 Å². The Morgan fingerprint density at radius 3 is 3.27 bits per heavy atom. The molecule has 82 valence electrons. The quantitative estimate of drug-likeness (QED) is 0.802. The second-order valence-electron chi connectivity index (χ2n) is 3.33. The largest absolute Gasteiger partial charge is 0.476 e. The van der Waals surface area contributed by atoms with Gasteiger partial charge in [0.15, 0.2) is 0 Å². The van der Waals surface area contributed by atoms with Crippen molar-refractivity contribution < 1.29 is 9.47 Å². The molecule has 2 rings (SSSR count). The summed E-state index contributed by atoms with van der Waals surface area (Å²) in [6.07, 6.45) is 2.62. The molecule has 0 aliphatic carbocycles. The molecule has 1 aliphatic rings. The number of halogens is 2. The molecule has 15 heavy (non-hydrogen) atoms. The highest BCUT2D eigenvalue weighted by Gasteiger charge is 2.17. The van der Waals surface area contributed by atoms with Gasteiger partial charge in [0.05, 0.1) is 17.7 Å². The topological polar surface area (TPSA) is 44.2 Å². The second-order valence-corrected chi connectivity index (χ2v) is 4.53. The molecule has 1 saturated heterocycles. The van der Waals surface area contributed by atoms with Crippen molar-refractivity contribution in [3.05, 3.63) is 16.0 Å². The van der Waals surface area contributed by atoms with Gasteiger partial charge in [0, 0.05) is 18.7 Å². The highest BCUT2D eigenvalue weighted by Crippen LogP contribution is 2.23. The molecule has 6 heteroatoms. The van der Waals surface area contributed by atoms with Gasteiger partial charge in [-0.15, -0.1) is 0 Å². The molecule has 1 aliphatic heterocycles. The normalized spacial score (nSPS) is 20.5. The van der Waals surface area contributed by atoms with Crippen LogP contribution in [0.1, 0.15) is 6.42 Å². The van der Waals surface area contributed by atoms with Gasteiger partial charge in [-0.05, 0) is 34.0 Å². The van der Waals surface area contributed by atoms with Crippen LogP contribution in [0.15, 0.2) is 10.7 Å². The summed E-state index contributed by atoms with van der Waals surface area (Å²) in [7, 11) is 0. The van der Waals surface area contributed by atoms with Crippen LogP contribution < -0.4 is 4.74 Å². The predicted molar refractivity (Wildman–Crippen MR) is 59.2 cm³/mol. The van der Waals surface area contributed by atoms with Gasteiger partial charge >= 0.3 is 0 Å². The van der Waals surface area contributed by atoms with E-state index in [-0.39, 0.29) is 5.28 Å².